The lowest BCUT2D eigenvalue weighted by Gasteiger charge is -2.25. The van der Waals surface area contributed by atoms with Crippen LogP contribution < -0.4 is 10.0 Å². The Morgan fingerprint density at radius 2 is 2.12 bits per heavy atom. The molecule has 0 bridgehead atoms. The van der Waals surface area contributed by atoms with Crippen LogP contribution in [0.15, 0.2) is 41.3 Å². The van der Waals surface area contributed by atoms with Crippen molar-refractivity contribution in [3.05, 3.63) is 46.9 Å². The summed E-state index contributed by atoms with van der Waals surface area (Å²) in [6, 6.07) is 5.68. The molecule has 25 heavy (non-hydrogen) atoms. The van der Waals surface area contributed by atoms with Crippen LogP contribution in [-0.2, 0) is 14.8 Å². The summed E-state index contributed by atoms with van der Waals surface area (Å²) in [7, 11) is -1.90. The monoisotopic (exact) mass is 362 g/mol. The number of hydrogen-bond donors (Lipinski definition) is 2. The summed E-state index contributed by atoms with van der Waals surface area (Å²) < 4.78 is 34.0. The van der Waals surface area contributed by atoms with E-state index in [1.165, 1.54) is 0 Å². The number of ether oxygens (including phenoxy) is 1. The first-order valence-corrected chi connectivity index (χ1v) is 10.3. The fraction of sp³-hybridized carbons (Fsp3) is 0.474. The van der Waals surface area contributed by atoms with Gasteiger partial charge < -0.3 is 10.1 Å². The molecule has 0 saturated heterocycles. The fourth-order valence-corrected chi connectivity index (χ4v) is 4.64. The van der Waals surface area contributed by atoms with E-state index in [1.54, 1.807) is 25.3 Å². The molecule has 2 N–H and O–H groups in total. The van der Waals surface area contributed by atoms with Gasteiger partial charge in [0, 0.05) is 19.2 Å². The van der Waals surface area contributed by atoms with Crippen molar-refractivity contribution in [3.8, 4) is 0 Å². The topological polar surface area (TPSA) is 67.4 Å². The van der Waals surface area contributed by atoms with E-state index in [4.69, 9.17) is 4.74 Å². The molecule has 2 unspecified atom stereocenters. The molecule has 0 spiro atoms. The summed E-state index contributed by atoms with van der Waals surface area (Å²) in [5.74, 6) is 0.226. The van der Waals surface area contributed by atoms with E-state index in [0.717, 1.165) is 43.5 Å². The molecule has 1 aliphatic heterocycles. The molecule has 1 heterocycles. The number of allylic oxidation sites excluding steroid dienone is 3. The molecule has 1 aromatic rings. The van der Waals surface area contributed by atoms with Gasteiger partial charge >= 0.3 is 0 Å². The van der Waals surface area contributed by atoms with E-state index in [-0.39, 0.29) is 12.0 Å². The zero-order chi connectivity index (χ0) is 17.9. The van der Waals surface area contributed by atoms with Crippen molar-refractivity contribution < 1.29 is 13.2 Å². The summed E-state index contributed by atoms with van der Waals surface area (Å²) in [4.78, 5) is 0.331. The lowest BCUT2D eigenvalue weighted by molar-refractivity contribution is 0.0933. The second-order valence-corrected chi connectivity index (χ2v) is 8.39. The molecule has 1 aromatic carbocycles. The Labute approximate surface area is 150 Å². The number of anilines is 2. The van der Waals surface area contributed by atoms with Crippen molar-refractivity contribution in [2.75, 3.05) is 23.7 Å². The van der Waals surface area contributed by atoms with Gasteiger partial charge in [0.2, 0.25) is 0 Å². The van der Waals surface area contributed by atoms with Crippen LogP contribution in [0.1, 0.15) is 44.3 Å². The average molecular weight is 362 g/mol. The predicted molar refractivity (Wildman–Crippen MR) is 102 cm³/mol. The van der Waals surface area contributed by atoms with Gasteiger partial charge in [0.1, 0.15) is 0 Å². The highest BCUT2D eigenvalue weighted by Gasteiger charge is 2.23. The fourth-order valence-electron chi connectivity index (χ4n) is 3.37. The Morgan fingerprint density at radius 1 is 1.28 bits per heavy atom. The van der Waals surface area contributed by atoms with Gasteiger partial charge in [-0.3, -0.25) is 4.72 Å². The van der Waals surface area contributed by atoms with Crippen LogP contribution in [0.4, 0.5) is 11.4 Å². The van der Waals surface area contributed by atoms with Gasteiger partial charge in [-0.15, -0.1) is 0 Å². The molecule has 0 saturated carbocycles. The van der Waals surface area contributed by atoms with Crippen molar-refractivity contribution in [1.29, 1.82) is 0 Å². The molecule has 2 atom stereocenters. The Bertz CT molecular complexity index is 784. The van der Waals surface area contributed by atoms with Crippen molar-refractivity contribution in [2.45, 2.75) is 38.7 Å². The molecule has 6 heteroatoms. The summed E-state index contributed by atoms with van der Waals surface area (Å²) >= 11 is 0. The molecule has 1 aliphatic carbocycles. The predicted octanol–water partition coefficient (Wildman–Crippen LogP) is 4.19. The van der Waals surface area contributed by atoms with Gasteiger partial charge in [0.15, 0.2) is 0 Å². The number of methoxy groups -OCH3 is 1. The van der Waals surface area contributed by atoms with Gasteiger partial charge in [-0.2, -0.15) is 0 Å². The summed E-state index contributed by atoms with van der Waals surface area (Å²) in [5, 5.41) is 3.39. The van der Waals surface area contributed by atoms with Crippen LogP contribution in [0.3, 0.4) is 0 Å². The maximum absolute atomic E-state index is 12.8. The minimum atomic E-state index is -3.60. The van der Waals surface area contributed by atoms with Crippen LogP contribution in [-0.4, -0.2) is 22.1 Å². The van der Waals surface area contributed by atoms with Crippen molar-refractivity contribution in [3.63, 3.8) is 0 Å². The molecular formula is C19H26N2O3S. The van der Waals surface area contributed by atoms with Gasteiger partial charge in [-0.1, -0.05) is 31.2 Å². The Hall–Kier alpha value is -1.79. The number of para-hydroxylation sites is 1. The standard InChI is InChI=1S/C19H26N2O3S/c1-14-7-5-8-15(13-14)25(22,23)21-17-10-6-9-16-18(24-2)11-3-4-12-20-19(16)17/h5-6,8-10,13-14,18,20-21H,3-4,7,11-12H2,1-2H3. The number of rotatable bonds is 4. The smallest absolute Gasteiger partial charge is 0.261 e. The van der Waals surface area contributed by atoms with Crippen molar-refractivity contribution in [2.24, 2.45) is 5.92 Å². The molecule has 0 radical (unpaired) electrons. The third-order valence-electron chi connectivity index (χ3n) is 4.72. The first-order chi connectivity index (χ1) is 12.0. The number of benzene rings is 1. The molecule has 0 fully saturated rings. The number of nitrogens with one attached hydrogen (secondary N) is 2. The minimum Gasteiger partial charge on any atom is -0.383 e. The first kappa shape index (κ1) is 18.0. The summed E-state index contributed by atoms with van der Waals surface area (Å²) in [6.45, 7) is 2.84. The van der Waals surface area contributed by atoms with E-state index in [0.29, 0.717) is 10.6 Å². The Balaban J connectivity index is 1.95. The normalized spacial score (nSPS) is 23.7. The van der Waals surface area contributed by atoms with Crippen molar-refractivity contribution >= 4 is 21.4 Å². The highest BCUT2D eigenvalue weighted by atomic mass is 32.2. The summed E-state index contributed by atoms with van der Waals surface area (Å²) in [6.07, 6.45) is 9.29. The van der Waals surface area contributed by atoms with E-state index >= 15 is 0 Å². The van der Waals surface area contributed by atoms with Gasteiger partial charge in [0.25, 0.3) is 10.0 Å². The molecule has 0 amide bonds. The van der Waals surface area contributed by atoms with Crippen LogP contribution in [0.5, 0.6) is 0 Å². The highest BCUT2D eigenvalue weighted by Crippen LogP contribution is 2.37. The van der Waals surface area contributed by atoms with Crippen LogP contribution in [0, 0.1) is 5.92 Å². The molecular weight excluding hydrogens is 336 g/mol. The minimum absolute atomic E-state index is 0.0268. The second kappa shape index (κ2) is 7.62. The third-order valence-corrected chi connectivity index (χ3v) is 6.10. The Morgan fingerprint density at radius 3 is 2.88 bits per heavy atom. The lowest BCUT2D eigenvalue weighted by Crippen LogP contribution is -2.19. The second-order valence-electron chi connectivity index (χ2n) is 6.71. The maximum Gasteiger partial charge on any atom is 0.261 e. The van der Waals surface area contributed by atoms with E-state index < -0.39 is 10.0 Å². The van der Waals surface area contributed by atoms with Crippen LogP contribution in [0.25, 0.3) is 0 Å². The molecule has 136 valence electrons. The number of sulfonamides is 1. The summed E-state index contributed by atoms with van der Waals surface area (Å²) in [5.41, 5.74) is 2.41. The van der Waals surface area contributed by atoms with E-state index in [1.807, 2.05) is 25.1 Å². The zero-order valence-electron chi connectivity index (χ0n) is 14.8. The van der Waals surface area contributed by atoms with E-state index in [9.17, 15) is 8.42 Å². The van der Waals surface area contributed by atoms with Crippen LogP contribution >= 0.6 is 0 Å². The first-order valence-electron chi connectivity index (χ1n) is 8.82. The highest BCUT2D eigenvalue weighted by molar-refractivity contribution is 7.96. The van der Waals surface area contributed by atoms with Gasteiger partial charge in [0.05, 0.1) is 22.4 Å². The maximum atomic E-state index is 12.8. The molecule has 5 nitrogen and oxygen atoms in total. The quantitative estimate of drug-likeness (QED) is 0.843. The third kappa shape index (κ3) is 4.07. The largest absolute Gasteiger partial charge is 0.383 e. The van der Waals surface area contributed by atoms with E-state index in [2.05, 4.69) is 10.0 Å². The lowest BCUT2D eigenvalue weighted by atomic mass is 9.98. The zero-order valence-corrected chi connectivity index (χ0v) is 15.6. The molecule has 3 rings (SSSR count). The van der Waals surface area contributed by atoms with Crippen molar-refractivity contribution in [1.82, 2.24) is 0 Å². The molecule has 2 aliphatic rings. The van der Waals surface area contributed by atoms with Gasteiger partial charge in [-0.05, 0) is 43.7 Å². The average Bonchev–Trinajstić information content (AvgIpc) is 2.56. The SMILES string of the molecule is COC1CCCCNc2c(NS(=O)(=O)C3=CC(C)CC=C3)cccc21. The van der Waals surface area contributed by atoms with Gasteiger partial charge in [-0.25, -0.2) is 8.42 Å². The van der Waals surface area contributed by atoms with Crippen LogP contribution in [0.2, 0.25) is 0 Å². The molecule has 0 aromatic heterocycles. The number of hydrogen-bond acceptors (Lipinski definition) is 4. The number of fused-ring (bicyclic) bond motifs is 1. The Kier molecular flexibility index (Phi) is 5.49.